The fraction of sp³-hybridized carbons (Fsp3) is 0.208. The summed E-state index contributed by atoms with van der Waals surface area (Å²) in [5, 5.41) is 6.26. The molecule has 142 valence electrons. The second-order valence-corrected chi connectivity index (χ2v) is 8.13. The first-order valence-corrected chi connectivity index (χ1v) is 10.5. The fourth-order valence-corrected chi connectivity index (χ4v) is 4.33. The van der Waals surface area contributed by atoms with Crippen LogP contribution in [-0.2, 0) is 13.0 Å². The minimum absolute atomic E-state index is 0.00804. The van der Waals surface area contributed by atoms with E-state index in [1.807, 2.05) is 24.3 Å². The summed E-state index contributed by atoms with van der Waals surface area (Å²) >= 11 is 1.73. The van der Waals surface area contributed by atoms with Gasteiger partial charge >= 0.3 is 0 Å². The number of aromatic nitrogens is 1. The monoisotopic (exact) mass is 388 g/mol. The second kappa shape index (κ2) is 8.03. The van der Waals surface area contributed by atoms with Gasteiger partial charge in [-0.1, -0.05) is 36.4 Å². The Morgan fingerprint density at radius 2 is 1.86 bits per heavy atom. The molecule has 1 amide bonds. The summed E-state index contributed by atoms with van der Waals surface area (Å²) in [5.74, 6) is -0.00804. The molecule has 0 unspecified atom stereocenters. The van der Waals surface area contributed by atoms with Gasteiger partial charge in [-0.15, -0.1) is 11.3 Å². The highest BCUT2D eigenvalue weighted by molar-refractivity contribution is 7.09. The maximum atomic E-state index is 12.6. The predicted molar refractivity (Wildman–Crippen MR) is 117 cm³/mol. The number of nitrogens with zero attached hydrogens (tertiary/aromatic N) is 1. The lowest BCUT2D eigenvalue weighted by molar-refractivity contribution is 0.0954. The van der Waals surface area contributed by atoms with Gasteiger partial charge in [0.2, 0.25) is 0 Å². The van der Waals surface area contributed by atoms with Crippen LogP contribution >= 0.6 is 11.3 Å². The minimum atomic E-state index is -0.00804. The average Bonchev–Trinajstić information content (AvgIpc) is 3.32. The van der Waals surface area contributed by atoms with E-state index in [9.17, 15) is 4.79 Å². The number of carbonyl (C=O) groups is 1. The second-order valence-electron chi connectivity index (χ2n) is 7.10. The van der Waals surface area contributed by atoms with Crippen LogP contribution in [0.2, 0.25) is 0 Å². The Bertz CT molecular complexity index is 1090. The number of aryl methyl sites for hydroxylation is 1. The molecule has 0 atom stereocenters. The first-order chi connectivity index (χ1) is 13.6. The Morgan fingerprint density at radius 1 is 1.04 bits per heavy atom. The molecule has 0 spiro atoms. The van der Waals surface area contributed by atoms with Crippen molar-refractivity contribution in [3.63, 3.8) is 0 Å². The summed E-state index contributed by atoms with van der Waals surface area (Å²) < 4.78 is 2.33. The van der Waals surface area contributed by atoms with Gasteiger partial charge in [0.05, 0.1) is 0 Å². The van der Waals surface area contributed by atoms with E-state index < -0.39 is 0 Å². The van der Waals surface area contributed by atoms with Crippen LogP contribution in [0.1, 0.15) is 32.1 Å². The maximum Gasteiger partial charge on any atom is 0.251 e. The molecular formula is C24H24N2OS. The summed E-state index contributed by atoms with van der Waals surface area (Å²) in [6.07, 6.45) is 0.872. The van der Waals surface area contributed by atoms with Crippen LogP contribution < -0.4 is 5.32 Å². The minimum Gasteiger partial charge on any atom is -0.352 e. The zero-order valence-corrected chi connectivity index (χ0v) is 17.1. The van der Waals surface area contributed by atoms with Crippen LogP contribution in [0, 0.1) is 13.8 Å². The molecular weight excluding hydrogens is 364 g/mol. The van der Waals surface area contributed by atoms with Gasteiger partial charge in [0.15, 0.2) is 0 Å². The molecule has 4 rings (SSSR count). The average molecular weight is 389 g/mol. The van der Waals surface area contributed by atoms with E-state index in [-0.39, 0.29) is 5.91 Å². The molecule has 0 fully saturated rings. The van der Waals surface area contributed by atoms with Crippen molar-refractivity contribution in [2.75, 3.05) is 6.54 Å². The standard InChI is InChI=1S/C24H24N2OS/c1-17-18(2)26(16-19-7-4-3-5-8-19)23-11-10-20(15-22(17)23)24(27)25-13-12-21-9-6-14-28-21/h3-11,14-15H,12-13,16H2,1-2H3,(H,25,27). The first kappa shape index (κ1) is 18.5. The smallest absolute Gasteiger partial charge is 0.251 e. The third kappa shape index (κ3) is 3.73. The van der Waals surface area contributed by atoms with Gasteiger partial charge < -0.3 is 9.88 Å². The Labute approximate surface area is 169 Å². The molecule has 0 saturated heterocycles. The van der Waals surface area contributed by atoms with E-state index >= 15 is 0 Å². The molecule has 2 aromatic carbocycles. The lowest BCUT2D eigenvalue weighted by atomic mass is 10.1. The highest BCUT2D eigenvalue weighted by Gasteiger charge is 2.14. The molecule has 0 radical (unpaired) electrons. The zero-order valence-electron chi connectivity index (χ0n) is 16.2. The molecule has 3 nitrogen and oxygen atoms in total. The van der Waals surface area contributed by atoms with E-state index in [2.05, 4.69) is 65.5 Å². The number of carbonyl (C=O) groups excluding carboxylic acids is 1. The Hall–Kier alpha value is -2.85. The van der Waals surface area contributed by atoms with Crippen molar-refractivity contribution in [3.05, 3.63) is 93.3 Å². The van der Waals surface area contributed by atoms with E-state index in [1.165, 1.54) is 27.2 Å². The van der Waals surface area contributed by atoms with Crippen LogP contribution in [0.4, 0.5) is 0 Å². The van der Waals surface area contributed by atoms with Gasteiger partial charge in [0, 0.05) is 40.1 Å². The summed E-state index contributed by atoms with van der Waals surface area (Å²) in [6.45, 7) is 5.78. The molecule has 0 aliphatic carbocycles. The van der Waals surface area contributed by atoms with Crippen LogP contribution in [0.3, 0.4) is 0 Å². The molecule has 0 bridgehead atoms. The number of thiophene rings is 1. The van der Waals surface area contributed by atoms with Gasteiger partial charge in [-0.25, -0.2) is 0 Å². The molecule has 4 heteroatoms. The van der Waals surface area contributed by atoms with Gasteiger partial charge in [0.1, 0.15) is 0 Å². The van der Waals surface area contributed by atoms with Crippen molar-refractivity contribution in [2.45, 2.75) is 26.8 Å². The summed E-state index contributed by atoms with van der Waals surface area (Å²) in [7, 11) is 0. The lowest BCUT2D eigenvalue weighted by Crippen LogP contribution is -2.25. The van der Waals surface area contributed by atoms with Crippen LogP contribution in [0.15, 0.2) is 66.0 Å². The number of hydrogen-bond acceptors (Lipinski definition) is 2. The van der Waals surface area contributed by atoms with Crippen LogP contribution in [0.5, 0.6) is 0 Å². The Kier molecular flexibility index (Phi) is 5.31. The first-order valence-electron chi connectivity index (χ1n) is 9.57. The van der Waals surface area contributed by atoms with Crippen molar-refractivity contribution in [1.29, 1.82) is 0 Å². The number of hydrogen-bond donors (Lipinski definition) is 1. The SMILES string of the molecule is Cc1c(C)n(Cc2ccccc2)c2ccc(C(=O)NCCc3cccs3)cc12. The van der Waals surface area contributed by atoms with Gasteiger partial charge in [-0.2, -0.15) is 0 Å². The molecule has 28 heavy (non-hydrogen) atoms. The van der Waals surface area contributed by atoms with Crippen molar-refractivity contribution >= 4 is 28.1 Å². The molecule has 2 heterocycles. The van der Waals surface area contributed by atoms with E-state index in [4.69, 9.17) is 0 Å². The van der Waals surface area contributed by atoms with Gasteiger partial charge in [-0.05, 0) is 61.0 Å². The van der Waals surface area contributed by atoms with Crippen LogP contribution in [0.25, 0.3) is 10.9 Å². The predicted octanol–water partition coefficient (Wildman–Crippen LogP) is 5.34. The van der Waals surface area contributed by atoms with Crippen molar-refractivity contribution in [2.24, 2.45) is 0 Å². The Morgan fingerprint density at radius 3 is 2.61 bits per heavy atom. The number of amides is 1. The molecule has 0 aliphatic heterocycles. The van der Waals surface area contributed by atoms with E-state index in [0.29, 0.717) is 6.54 Å². The summed E-state index contributed by atoms with van der Waals surface area (Å²) in [4.78, 5) is 13.9. The van der Waals surface area contributed by atoms with Gasteiger partial charge in [-0.3, -0.25) is 4.79 Å². The molecule has 0 aliphatic rings. The Balaban J connectivity index is 1.55. The van der Waals surface area contributed by atoms with Crippen LogP contribution in [-0.4, -0.2) is 17.0 Å². The molecule has 1 N–H and O–H groups in total. The van der Waals surface area contributed by atoms with E-state index in [1.54, 1.807) is 11.3 Å². The molecule has 4 aromatic rings. The quantitative estimate of drug-likeness (QED) is 0.475. The highest BCUT2D eigenvalue weighted by Crippen LogP contribution is 2.27. The normalized spacial score (nSPS) is 11.1. The van der Waals surface area contributed by atoms with Crippen molar-refractivity contribution < 1.29 is 4.79 Å². The number of nitrogens with one attached hydrogen (secondary N) is 1. The topological polar surface area (TPSA) is 34.0 Å². The van der Waals surface area contributed by atoms with Gasteiger partial charge in [0.25, 0.3) is 5.91 Å². The molecule has 2 aromatic heterocycles. The van der Waals surface area contributed by atoms with Crippen molar-refractivity contribution in [3.8, 4) is 0 Å². The van der Waals surface area contributed by atoms with E-state index in [0.717, 1.165) is 23.9 Å². The third-order valence-corrected chi connectivity index (χ3v) is 6.26. The lowest BCUT2D eigenvalue weighted by Gasteiger charge is -2.09. The zero-order chi connectivity index (χ0) is 19.5. The maximum absolute atomic E-state index is 12.6. The third-order valence-electron chi connectivity index (χ3n) is 5.32. The fourth-order valence-electron chi connectivity index (χ4n) is 3.62. The summed E-state index contributed by atoms with van der Waals surface area (Å²) in [5.41, 5.74) is 5.65. The number of benzene rings is 2. The largest absolute Gasteiger partial charge is 0.352 e. The summed E-state index contributed by atoms with van der Waals surface area (Å²) in [6, 6.07) is 20.7. The number of fused-ring (bicyclic) bond motifs is 1. The van der Waals surface area contributed by atoms with Crippen molar-refractivity contribution in [1.82, 2.24) is 9.88 Å². The number of rotatable bonds is 6. The molecule has 0 saturated carbocycles. The highest BCUT2D eigenvalue weighted by atomic mass is 32.1.